The number of aliphatic imine (C=N–C) groups is 1. The first-order valence-electron chi connectivity index (χ1n) is 4.69. The molecule has 1 aromatic rings. The second kappa shape index (κ2) is 5.00. The third-order valence-electron chi connectivity index (χ3n) is 1.80. The maximum Gasteiger partial charge on any atom is 0.189 e. The molecule has 0 atom stereocenters. The average molecular weight is 211 g/mol. The lowest BCUT2D eigenvalue weighted by Crippen LogP contribution is -2.36. The van der Waals surface area contributed by atoms with Gasteiger partial charge in [0.15, 0.2) is 5.96 Å². The summed E-state index contributed by atoms with van der Waals surface area (Å²) in [5, 5.41) is 5.13. The Hall–Kier alpha value is -1.03. The van der Waals surface area contributed by atoms with Crippen LogP contribution in [0.2, 0.25) is 0 Å². The van der Waals surface area contributed by atoms with Gasteiger partial charge in [-0.3, -0.25) is 0 Å². The van der Waals surface area contributed by atoms with Gasteiger partial charge in [-0.2, -0.15) is 0 Å². The minimum Gasteiger partial charge on any atom is -0.370 e. The summed E-state index contributed by atoms with van der Waals surface area (Å²) in [6.07, 6.45) is 0. The van der Waals surface area contributed by atoms with E-state index in [4.69, 9.17) is 5.73 Å². The fourth-order valence-electron chi connectivity index (χ4n) is 1.06. The molecule has 0 saturated carbocycles. The van der Waals surface area contributed by atoms with E-state index in [0.717, 1.165) is 0 Å². The van der Waals surface area contributed by atoms with Gasteiger partial charge < -0.3 is 11.1 Å². The van der Waals surface area contributed by atoms with Crippen LogP contribution in [0.3, 0.4) is 0 Å². The first-order valence-corrected chi connectivity index (χ1v) is 5.57. The molecule has 0 aliphatic carbocycles. The zero-order chi connectivity index (χ0) is 10.6. The van der Waals surface area contributed by atoms with Crippen molar-refractivity contribution in [3.63, 3.8) is 0 Å². The van der Waals surface area contributed by atoms with E-state index in [0.29, 0.717) is 18.5 Å². The molecule has 1 aromatic heterocycles. The Morgan fingerprint density at radius 1 is 1.64 bits per heavy atom. The lowest BCUT2D eigenvalue weighted by atomic mass is 10.3. The molecule has 0 fully saturated rings. The van der Waals surface area contributed by atoms with E-state index in [1.54, 1.807) is 11.3 Å². The Morgan fingerprint density at radius 2 is 2.36 bits per heavy atom. The van der Waals surface area contributed by atoms with Gasteiger partial charge in [-0.1, -0.05) is 0 Å². The smallest absolute Gasteiger partial charge is 0.189 e. The van der Waals surface area contributed by atoms with Crippen LogP contribution in [0.1, 0.15) is 24.3 Å². The van der Waals surface area contributed by atoms with E-state index in [2.05, 4.69) is 28.7 Å². The van der Waals surface area contributed by atoms with Crippen molar-refractivity contribution in [3.8, 4) is 0 Å². The number of aryl methyl sites for hydroxylation is 1. The predicted octanol–water partition coefficient (Wildman–Crippen LogP) is 1.87. The summed E-state index contributed by atoms with van der Waals surface area (Å²) in [5.74, 6) is 0.521. The molecule has 0 bridgehead atoms. The topological polar surface area (TPSA) is 50.4 Å². The third-order valence-corrected chi connectivity index (χ3v) is 2.81. The lowest BCUT2D eigenvalue weighted by Gasteiger charge is -2.07. The van der Waals surface area contributed by atoms with Crippen molar-refractivity contribution in [2.24, 2.45) is 10.7 Å². The van der Waals surface area contributed by atoms with E-state index in [9.17, 15) is 0 Å². The maximum atomic E-state index is 5.68. The van der Waals surface area contributed by atoms with Crippen molar-refractivity contribution in [3.05, 3.63) is 21.9 Å². The Bertz CT molecular complexity index is 315. The van der Waals surface area contributed by atoms with E-state index in [1.165, 1.54) is 10.4 Å². The van der Waals surface area contributed by atoms with Crippen LogP contribution in [0.15, 0.2) is 16.4 Å². The van der Waals surface area contributed by atoms with Crippen molar-refractivity contribution < 1.29 is 0 Å². The van der Waals surface area contributed by atoms with Gasteiger partial charge in [-0.25, -0.2) is 4.99 Å². The van der Waals surface area contributed by atoms with Crippen LogP contribution in [-0.4, -0.2) is 12.0 Å². The van der Waals surface area contributed by atoms with Crippen LogP contribution in [0.5, 0.6) is 0 Å². The molecule has 0 aromatic carbocycles. The average Bonchev–Trinajstić information content (AvgIpc) is 2.46. The van der Waals surface area contributed by atoms with Crippen molar-refractivity contribution in [1.29, 1.82) is 0 Å². The minimum atomic E-state index is 0.336. The molecule has 0 saturated heterocycles. The van der Waals surface area contributed by atoms with Gasteiger partial charge in [0.1, 0.15) is 0 Å². The fraction of sp³-hybridized carbons (Fsp3) is 0.500. The molecule has 1 rings (SSSR count). The highest BCUT2D eigenvalue weighted by Gasteiger charge is 1.99. The monoisotopic (exact) mass is 211 g/mol. The highest BCUT2D eigenvalue weighted by atomic mass is 32.1. The quantitative estimate of drug-likeness (QED) is 0.592. The van der Waals surface area contributed by atoms with Crippen LogP contribution in [0.4, 0.5) is 0 Å². The second-order valence-electron chi connectivity index (χ2n) is 3.53. The van der Waals surface area contributed by atoms with Gasteiger partial charge in [0, 0.05) is 10.9 Å². The Kier molecular flexibility index (Phi) is 3.95. The van der Waals surface area contributed by atoms with Gasteiger partial charge in [0.25, 0.3) is 0 Å². The molecule has 0 radical (unpaired) electrons. The standard InChI is InChI=1S/C10H17N3S/c1-7(2)13-10(11)12-6-9-8(3)4-5-14-9/h4-5,7H,6H2,1-3H3,(H3,11,12,13). The number of rotatable bonds is 3. The van der Waals surface area contributed by atoms with E-state index in [-0.39, 0.29) is 0 Å². The number of thiophene rings is 1. The number of nitrogens with two attached hydrogens (primary N) is 1. The van der Waals surface area contributed by atoms with E-state index < -0.39 is 0 Å². The van der Waals surface area contributed by atoms with Crippen LogP contribution in [-0.2, 0) is 6.54 Å². The molecule has 14 heavy (non-hydrogen) atoms. The van der Waals surface area contributed by atoms with Crippen molar-refractivity contribution in [2.45, 2.75) is 33.4 Å². The third kappa shape index (κ3) is 3.38. The van der Waals surface area contributed by atoms with Crippen LogP contribution >= 0.6 is 11.3 Å². The summed E-state index contributed by atoms with van der Waals surface area (Å²) >= 11 is 1.72. The molecule has 3 nitrogen and oxygen atoms in total. The number of nitrogens with one attached hydrogen (secondary N) is 1. The zero-order valence-corrected chi connectivity index (χ0v) is 9.69. The number of guanidine groups is 1. The Morgan fingerprint density at radius 3 is 2.86 bits per heavy atom. The SMILES string of the molecule is Cc1ccsc1CN=C(N)NC(C)C. The first kappa shape index (κ1) is 11.0. The van der Waals surface area contributed by atoms with Gasteiger partial charge in [-0.15, -0.1) is 11.3 Å². The molecule has 78 valence electrons. The molecule has 0 aliphatic heterocycles. The summed E-state index contributed by atoms with van der Waals surface area (Å²) in [4.78, 5) is 5.54. The Labute approximate surface area is 89.0 Å². The lowest BCUT2D eigenvalue weighted by molar-refractivity contribution is 0.724. The van der Waals surface area contributed by atoms with E-state index >= 15 is 0 Å². The molecule has 0 aliphatic rings. The molecule has 0 unspecified atom stereocenters. The molecule has 1 heterocycles. The van der Waals surface area contributed by atoms with Gasteiger partial charge in [-0.05, 0) is 37.8 Å². The predicted molar refractivity (Wildman–Crippen MR) is 62.7 cm³/mol. The summed E-state index contributed by atoms with van der Waals surface area (Å²) in [6.45, 7) is 6.85. The normalized spacial score (nSPS) is 12.1. The highest BCUT2D eigenvalue weighted by molar-refractivity contribution is 7.10. The highest BCUT2D eigenvalue weighted by Crippen LogP contribution is 2.15. The minimum absolute atomic E-state index is 0.336. The molecule has 0 amide bonds. The van der Waals surface area contributed by atoms with Crippen LogP contribution in [0, 0.1) is 6.92 Å². The number of nitrogens with zero attached hydrogens (tertiary/aromatic N) is 1. The summed E-state index contributed by atoms with van der Waals surface area (Å²) in [5.41, 5.74) is 6.97. The fourth-order valence-corrected chi connectivity index (χ4v) is 1.89. The molecule has 3 N–H and O–H groups in total. The van der Waals surface area contributed by atoms with Gasteiger partial charge in [0.05, 0.1) is 6.54 Å². The summed E-state index contributed by atoms with van der Waals surface area (Å²) in [6, 6.07) is 2.44. The van der Waals surface area contributed by atoms with Crippen molar-refractivity contribution >= 4 is 17.3 Å². The van der Waals surface area contributed by atoms with Gasteiger partial charge in [0.2, 0.25) is 0 Å². The molecular formula is C10H17N3S. The number of hydrogen-bond donors (Lipinski definition) is 2. The second-order valence-corrected chi connectivity index (χ2v) is 4.53. The largest absolute Gasteiger partial charge is 0.370 e. The first-order chi connectivity index (χ1) is 6.59. The molecular weight excluding hydrogens is 194 g/mol. The van der Waals surface area contributed by atoms with Crippen LogP contribution in [0.25, 0.3) is 0 Å². The molecule has 0 spiro atoms. The van der Waals surface area contributed by atoms with Gasteiger partial charge >= 0.3 is 0 Å². The Balaban J connectivity index is 2.50. The van der Waals surface area contributed by atoms with Crippen molar-refractivity contribution in [1.82, 2.24) is 5.32 Å². The molecule has 4 heteroatoms. The van der Waals surface area contributed by atoms with E-state index in [1.807, 2.05) is 13.8 Å². The van der Waals surface area contributed by atoms with Crippen LogP contribution < -0.4 is 11.1 Å². The maximum absolute atomic E-state index is 5.68. The zero-order valence-electron chi connectivity index (χ0n) is 8.87. The number of hydrogen-bond acceptors (Lipinski definition) is 2. The summed E-state index contributed by atoms with van der Waals surface area (Å²) in [7, 11) is 0. The summed E-state index contributed by atoms with van der Waals surface area (Å²) < 4.78 is 0. The van der Waals surface area contributed by atoms with Crippen molar-refractivity contribution in [2.75, 3.05) is 0 Å².